The van der Waals surface area contributed by atoms with Crippen molar-refractivity contribution in [3.8, 4) is 22.9 Å². The maximum Gasteiger partial charge on any atom is 0.338 e. The van der Waals surface area contributed by atoms with Crippen molar-refractivity contribution in [2.45, 2.75) is 84.0 Å². The number of nitrogens with zero attached hydrogens (tertiary/aromatic N) is 3. The number of carbonyl (C=O) groups excluding carboxylic acids is 1. The van der Waals surface area contributed by atoms with Crippen LogP contribution in [0, 0.1) is 0 Å². The Morgan fingerprint density at radius 2 is 1.80 bits per heavy atom. The van der Waals surface area contributed by atoms with E-state index in [9.17, 15) is 4.79 Å². The van der Waals surface area contributed by atoms with Crippen molar-refractivity contribution >= 4 is 36.9 Å². The third-order valence-electron chi connectivity index (χ3n) is 11.0. The van der Waals surface area contributed by atoms with Crippen LogP contribution >= 0.6 is 11.6 Å². The summed E-state index contributed by atoms with van der Waals surface area (Å²) < 4.78 is 38.6. The first-order valence-electron chi connectivity index (χ1n) is 19.0. The van der Waals surface area contributed by atoms with Gasteiger partial charge in [-0.15, -0.1) is 0 Å². The standard InChI is InChI=1S/C43H50ClN3O7Si/c1-43(2,3)55(5,6)54-19-18-52-38-23-32(42(48)49-4)22-37-41(38)46-39(47(37)25-35-15-17-51-35)24-28-10-11-30-20-33(28)26-50-16-14-29-21-34(44)13-12-31(29)27-53-40-9-7-8-36(30)45-40/h7-13,20-23,35H,14-19,24-27H2,1-6H3/t35-/m0/s1. The molecular weight excluding hydrogens is 734 g/mol. The molecule has 0 amide bonds. The van der Waals surface area contributed by atoms with Crippen LogP contribution in [0.25, 0.3) is 22.3 Å². The van der Waals surface area contributed by atoms with Crippen molar-refractivity contribution in [1.82, 2.24) is 14.5 Å². The van der Waals surface area contributed by atoms with Gasteiger partial charge in [-0.25, -0.2) is 14.8 Å². The van der Waals surface area contributed by atoms with E-state index >= 15 is 0 Å². The fraction of sp³-hybridized carbons (Fsp3) is 0.419. The molecule has 2 aliphatic rings. The zero-order valence-electron chi connectivity index (χ0n) is 32.6. The van der Waals surface area contributed by atoms with E-state index in [0.29, 0.717) is 80.2 Å². The number of methoxy groups -OCH3 is 1. The highest BCUT2D eigenvalue weighted by Crippen LogP contribution is 2.37. The maximum absolute atomic E-state index is 13.0. The Bertz CT molecular complexity index is 2180. The number of aromatic nitrogens is 3. The first kappa shape index (κ1) is 39.0. The Labute approximate surface area is 329 Å². The highest BCUT2D eigenvalue weighted by Gasteiger charge is 2.37. The van der Waals surface area contributed by atoms with Crippen LogP contribution in [0.4, 0.5) is 0 Å². The molecule has 1 atom stereocenters. The van der Waals surface area contributed by atoms with E-state index in [1.165, 1.54) is 7.11 Å². The molecule has 3 aromatic carbocycles. The molecule has 4 heterocycles. The Morgan fingerprint density at radius 1 is 0.964 bits per heavy atom. The molecule has 0 saturated carbocycles. The predicted molar refractivity (Wildman–Crippen MR) is 216 cm³/mol. The third-order valence-corrected chi connectivity index (χ3v) is 15.8. The van der Waals surface area contributed by atoms with E-state index in [4.69, 9.17) is 49.7 Å². The SMILES string of the molecule is COC(=O)c1cc(OCCO[Si](C)(C)C(C)(C)C)c2nc(Cc3ccc4cc3COCCc3cc(Cl)ccc3COc3cccc-4n3)n(C[C@@H]3CCO3)c2c1. The van der Waals surface area contributed by atoms with Crippen LogP contribution in [0.1, 0.15) is 65.6 Å². The predicted octanol–water partition coefficient (Wildman–Crippen LogP) is 8.97. The van der Waals surface area contributed by atoms with Crippen LogP contribution in [0.3, 0.4) is 0 Å². The van der Waals surface area contributed by atoms with Crippen LogP contribution in [0.5, 0.6) is 11.6 Å². The second-order valence-corrected chi connectivity index (χ2v) is 21.0. The van der Waals surface area contributed by atoms with Gasteiger partial charge in [0.05, 0.1) is 56.4 Å². The average Bonchev–Trinajstić information content (AvgIpc) is 3.48. The van der Waals surface area contributed by atoms with Gasteiger partial charge in [-0.2, -0.15) is 0 Å². The van der Waals surface area contributed by atoms with Crippen molar-refractivity contribution in [3.05, 3.63) is 105 Å². The number of carbonyl (C=O) groups is 1. The van der Waals surface area contributed by atoms with Gasteiger partial charge in [-0.05, 0) is 89.6 Å². The largest absolute Gasteiger partial charge is 0.489 e. The lowest BCUT2D eigenvalue weighted by Crippen LogP contribution is -2.41. The number of pyridine rings is 1. The Hall–Kier alpha value is -4.26. The maximum atomic E-state index is 13.0. The molecule has 12 heteroatoms. The summed E-state index contributed by atoms with van der Waals surface area (Å²) in [6.45, 7) is 14.5. The summed E-state index contributed by atoms with van der Waals surface area (Å²) >= 11 is 6.39. The minimum atomic E-state index is -1.97. The normalized spacial score (nSPS) is 16.1. The number of esters is 1. The first-order chi connectivity index (χ1) is 26.4. The molecule has 290 valence electrons. The van der Waals surface area contributed by atoms with Crippen LogP contribution in [0.15, 0.2) is 66.7 Å². The lowest BCUT2D eigenvalue weighted by atomic mass is 9.99. The van der Waals surface area contributed by atoms with E-state index in [2.05, 4.69) is 56.6 Å². The fourth-order valence-corrected chi connectivity index (χ4v) is 7.84. The van der Waals surface area contributed by atoms with Crippen LogP contribution in [0.2, 0.25) is 23.2 Å². The summed E-state index contributed by atoms with van der Waals surface area (Å²) in [5, 5.41) is 0.754. The van der Waals surface area contributed by atoms with E-state index in [0.717, 1.165) is 57.9 Å². The minimum absolute atomic E-state index is 0.0426. The molecule has 0 radical (unpaired) electrons. The molecule has 2 aliphatic heterocycles. The van der Waals surface area contributed by atoms with E-state index < -0.39 is 14.3 Å². The third kappa shape index (κ3) is 8.92. The number of hydrogen-bond donors (Lipinski definition) is 0. The molecule has 7 rings (SSSR count). The smallest absolute Gasteiger partial charge is 0.338 e. The van der Waals surface area contributed by atoms with E-state index in [-0.39, 0.29) is 11.1 Å². The van der Waals surface area contributed by atoms with E-state index in [1.54, 1.807) is 6.07 Å². The van der Waals surface area contributed by atoms with Gasteiger partial charge in [0.25, 0.3) is 0 Å². The molecule has 4 bridgehead atoms. The van der Waals surface area contributed by atoms with Gasteiger partial charge in [0.2, 0.25) is 5.88 Å². The van der Waals surface area contributed by atoms with Gasteiger partial charge in [0.15, 0.2) is 8.32 Å². The summed E-state index contributed by atoms with van der Waals surface area (Å²) in [4.78, 5) is 23.0. The number of rotatable bonds is 10. The van der Waals surface area contributed by atoms with Gasteiger partial charge < -0.3 is 32.7 Å². The molecule has 2 aromatic heterocycles. The molecule has 5 aromatic rings. The van der Waals surface area contributed by atoms with Crippen molar-refractivity contribution in [2.24, 2.45) is 0 Å². The molecule has 10 nitrogen and oxygen atoms in total. The Balaban J connectivity index is 1.24. The first-order valence-corrected chi connectivity index (χ1v) is 22.2. The highest BCUT2D eigenvalue weighted by molar-refractivity contribution is 6.74. The molecular formula is C43H50ClN3O7Si. The molecule has 55 heavy (non-hydrogen) atoms. The summed E-state index contributed by atoms with van der Waals surface area (Å²) in [6.07, 6.45) is 2.19. The zero-order chi connectivity index (χ0) is 38.7. The number of fused-ring (bicyclic) bond motifs is 7. The van der Waals surface area contributed by atoms with Crippen molar-refractivity contribution in [2.75, 3.05) is 33.5 Å². The second-order valence-electron chi connectivity index (χ2n) is 15.7. The number of hydrogen-bond acceptors (Lipinski definition) is 9. The summed E-state index contributed by atoms with van der Waals surface area (Å²) in [5.41, 5.74) is 7.86. The Morgan fingerprint density at radius 3 is 2.56 bits per heavy atom. The van der Waals surface area contributed by atoms with Gasteiger partial charge in [-0.3, -0.25) is 0 Å². The number of imidazole rings is 1. The van der Waals surface area contributed by atoms with Crippen LogP contribution in [-0.4, -0.2) is 68.5 Å². The van der Waals surface area contributed by atoms with Crippen molar-refractivity contribution in [1.29, 1.82) is 0 Å². The molecule has 0 aliphatic carbocycles. The molecule has 0 spiro atoms. The topological polar surface area (TPSA) is 103 Å². The summed E-state index contributed by atoms with van der Waals surface area (Å²) in [6, 6.07) is 21.6. The molecule has 0 unspecified atom stereocenters. The number of ether oxygens (including phenoxy) is 5. The van der Waals surface area contributed by atoms with Gasteiger partial charge >= 0.3 is 5.97 Å². The number of halogens is 1. The van der Waals surface area contributed by atoms with Crippen molar-refractivity contribution in [3.63, 3.8) is 0 Å². The minimum Gasteiger partial charge on any atom is -0.489 e. The fourth-order valence-electron chi connectivity index (χ4n) is 6.62. The quantitative estimate of drug-likeness (QED) is 0.0780. The Kier molecular flexibility index (Phi) is 11.7. The lowest BCUT2D eigenvalue weighted by molar-refractivity contribution is -0.0589. The van der Waals surface area contributed by atoms with Crippen LogP contribution < -0.4 is 9.47 Å². The zero-order valence-corrected chi connectivity index (χ0v) is 34.3. The van der Waals surface area contributed by atoms with Gasteiger partial charge in [-0.1, -0.05) is 56.6 Å². The average molecular weight is 784 g/mol. The second kappa shape index (κ2) is 16.5. The van der Waals surface area contributed by atoms with Gasteiger partial charge in [0.1, 0.15) is 30.3 Å². The highest BCUT2D eigenvalue weighted by atomic mass is 35.5. The van der Waals surface area contributed by atoms with Crippen molar-refractivity contribution < 1.29 is 32.9 Å². The molecule has 0 N–H and O–H groups in total. The summed E-state index contributed by atoms with van der Waals surface area (Å²) in [5.74, 6) is 1.46. The van der Waals surface area contributed by atoms with Crippen LogP contribution in [-0.2, 0) is 51.2 Å². The monoisotopic (exact) mass is 783 g/mol. The lowest BCUT2D eigenvalue weighted by Gasteiger charge is -2.36. The number of benzene rings is 3. The van der Waals surface area contributed by atoms with E-state index in [1.807, 2.05) is 42.5 Å². The molecule has 1 fully saturated rings. The van der Waals surface area contributed by atoms with Gasteiger partial charge in [0, 0.05) is 29.7 Å². The molecule has 1 saturated heterocycles. The summed E-state index contributed by atoms with van der Waals surface area (Å²) in [7, 11) is -0.589.